The summed E-state index contributed by atoms with van der Waals surface area (Å²) in [4.78, 5) is 4.89. The van der Waals surface area contributed by atoms with Crippen molar-refractivity contribution in [3.63, 3.8) is 0 Å². The normalized spacial score (nSPS) is 30.0. The standard InChI is InChI=1S/2C20H20F2N2.C16H11BrF2.CH4/c2*21-20(22)17-13-5-1-3-7-15(13)19(24-11-9-23-10-12-24)16-8-4-2-6-14(16)18(17)20;17-15-11-7-3-1-5-9(11)13-14(16(13,18)19)10-6-2-4-8-12(10)15;/h2*1-8,17-19,23H,9-12H2;1-8,13-15H;1H4/t2*17-,18+,19?;13-,14+,15?;. The molecule has 2 saturated heterocycles. The van der Waals surface area contributed by atoms with Gasteiger partial charge >= 0.3 is 0 Å². The third-order valence-electron chi connectivity index (χ3n) is 15.9. The highest BCUT2D eigenvalue weighted by molar-refractivity contribution is 9.09. The van der Waals surface area contributed by atoms with Crippen molar-refractivity contribution in [3.8, 4) is 0 Å². The number of fused-ring (bicyclic) bond motifs is 15. The highest BCUT2D eigenvalue weighted by atomic mass is 79.9. The molecule has 0 bridgehead atoms. The minimum Gasteiger partial charge on any atom is -0.314 e. The summed E-state index contributed by atoms with van der Waals surface area (Å²) in [7, 11) is 0. The summed E-state index contributed by atoms with van der Waals surface area (Å²) in [5.74, 6) is -11.8. The molecule has 3 unspecified atom stereocenters. The highest BCUT2D eigenvalue weighted by Gasteiger charge is 2.73. The predicted octanol–water partition coefficient (Wildman–Crippen LogP) is 12.7. The van der Waals surface area contributed by atoms with Crippen LogP contribution in [0.4, 0.5) is 26.3 Å². The SMILES string of the molecule is C.FC1(F)[C@@H]2c3ccccc3C(Br)c3ccccc3[C@@H]21.FC1(F)[C@@H]2c3ccccc3C(N3CCNCC3)c3ccccc3[C@@H]21.FC1(F)[C@@H]2c3ccccc3C(N3CCNCC3)c3ccccc3[C@@H]21. The van der Waals surface area contributed by atoms with Crippen LogP contribution in [0.15, 0.2) is 146 Å². The first-order valence-corrected chi connectivity index (χ1v) is 24.6. The number of hydrogen-bond acceptors (Lipinski definition) is 4. The Kier molecular flexibility index (Phi) is 11.6. The van der Waals surface area contributed by atoms with E-state index < -0.39 is 53.3 Å². The lowest BCUT2D eigenvalue weighted by Gasteiger charge is -2.37. The summed E-state index contributed by atoms with van der Waals surface area (Å²) >= 11 is 3.68. The van der Waals surface area contributed by atoms with Crippen LogP contribution < -0.4 is 10.6 Å². The molecule has 0 radical (unpaired) electrons. The predicted molar refractivity (Wildman–Crippen MR) is 260 cm³/mol. The average Bonchev–Trinajstić information content (AvgIpc) is 4.29. The second-order valence-corrected chi connectivity index (χ2v) is 20.3. The molecule has 6 aliphatic carbocycles. The second kappa shape index (κ2) is 17.3. The smallest absolute Gasteiger partial charge is 0.263 e. The Morgan fingerprint density at radius 3 is 0.765 bits per heavy atom. The number of piperazine rings is 2. The molecule has 2 heterocycles. The minimum absolute atomic E-state index is 0. The van der Waals surface area contributed by atoms with Gasteiger partial charge in [-0.15, -0.1) is 0 Å². The molecular formula is C57H55BrF6N4. The number of rotatable bonds is 2. The number of benzene rings is 6. The van der Waals surface area contributed by atoms with Gasteiger partial charge in [0.25, 0.3) is 17.8 Å². The molecule has 9 atom stereocenters. The minimum atomic E-state index is -2.62. The van der Waals surface area contributed by atoms with Crippen LogP contribution in [0.2, 0.25) is 0 Å². The van der Waals surface area contributed by atoms with Crippen LogP contribution in [-0.4, -0.2) is 79.9 Å². The largest absolute Gasteiger partial charge is 0.314 e. The van der Waals surface area contributed by atoms with Crippen LogP contribution in [0.5, 0.6) is 0 Å². The number of nitrogens with one attached hydrogen (secondary N) is 2. The maximum Gasteiger partial charge on any atom is 0.263 e. The van der Waals surface area contributed by atoms with Crippen molar-refractivity contribution in [1.82, 2.24) is 20.4 Å². The van der Waals surface area contributed by atoms with E-state index in [-0.39, 0.29) is 24.3 Å². The van der Waals surface area contributed by atoms with E-state index >= 15 is 0 Å². The molecule has 3 saturated carbocycles. The number of hydrogen-bond donors (Lipinski definition) is 2. The van der Waals surface area contributed by atoms with E-state index in [1.807, 2.05) is 121 Å². The first kappa shape index (κ1) is 45.7. The van der Waals surface area contributed by atoms with Crippen LogP contribution in [0.25, 0.3) is 0 Å². The Bertz CT molecular complexity index is 2540. The lowest BCUT2D eigenvalue weighted by Crippen LogP contribution is -2.45. The first-order valence-electron chi connectivity index (χ1n) is 23.7. The van der Waals surface area contributed by atoms with Crippen molar-refractivity contribution in [2.24, 2.45) is 0 Å². The van der Waals surface area contributed by atoms with E-state index in [9.17, 15) is 26.3 Å². The van der Waals surface area contributed by atoms with Gasteiger partial charge in [0.05, 0.1) is 52.4 Å². The zero-order valence-electron chi connectivity index (χ0n) is 36.7. The van der Waals surface area contributed by atoms with Crippen molar-refractivity contribution in [2.75, 3.05) is 52.4 Å². The van der Waals surface area contributed by atoms with Gasteiger partial charge in [-0.05, 0) is 66.8 Å². The molecule has 8 aliphatic rings. The Balaban J connectivity index is 0.000000112. The summed E-state index contributed by atoms with van der Waals surface area (Å²) in [6, 6.07) is 46.6. The monoisotopic (exact) mass is 988 g/mol. The molecule has 68 heavy (non-hydrogen) atoms. The van der Waals surface area contributed by atoms with Gasteiger partial charge in [0.15, 0.2) is 0 Å². The van der Waals surface area contributed by atoms with E-state index in [0.717, 1.165) is 119 Å². The van der Waals surface area contributed by atoms with Gasteiger partial charge in [0, 0.05) is 52.4 Å². The van der Waals surface area contributed by atoms with Gasteiger partial charge in [0.1, 0.15) is 0 Å². The third kappa shape index (κ3) is 7.23. The van der Waals surface area contributed by atoms with Gasteiger partial charge in [-0.25, -0.2) is 26.3 Å². The molecule has 0 spiro atoms. The van der Waals surface area contributed by atoms with Crippen LogP contribution in [0, 0.1) is 0 Å². The zero-order chi connectivity index (χ0) is 45.8. The van der Waals surface area contributed by atoms with E-state index in [1.54, 1.807) is 0 Å². The average molecular weight is 990 g/mol. The molecule has 352 valence electrons. The topological polar surface area (TPSA) is 30.5 Å². The lowest BCUT2D eigenvalue weighted by atomic mass is 9.90. The van der Waals surface area contributed by atoms with Crippen molar-refractivity contribution in [2.45, 2.75) is 77.6 Å². The molecule has 4 nitrogen and oxygen atoms in total. The Morgan fingerprint density at radius 1 is 0.338 bits per heavy atom. The van der Waals surface area contributed by atoms with Crippen LogP contribution in [0.3, 0.4) is 0 Å². The quantitative estimate of drug-likeness (QED) is 0.134. The van der Waals surface area contributed by atoms with E-state index in [4.69, 9.17) is 0 Å². The van der Waals surface area contributed by atoms with Crippen molar-refractivity contribution in [3.05, 3.63) is 212 Å². The molecule has 6 aromatic carbocycles. The summed E-state index contributed by atoms with van der Waals surface area (Å²) < 4.78 is 86.6. The van der Waals surface area contributed by atoms with E-state index in [1.165, 1.54) is 0 Å². The summed E-state index contributed by atoms with van der Waals surface area (Å²) in [6.45, 7) is 7.57. The van der Waals surface area contributed by atoms with Gasteiger partial charge in [0.2, 0.25) is 0 Å². The molecular weight excluding hydrogens is 935 g/mol. The maximum absolute atomic E-state index is 14.6. The fourth-order valence-corrected chi connectivity index (χ4v) is 13.5. The van der Waals surface area contributed by atoms with Crippen molar-refractivity contribution >= 4 is 15.9 Å². The first-order chi connectivity index (χ1) is 32.5. The fraction of sp³-hybridized carbons (Fsp3) is 0.368. The molecule has 2 N–H and O–H groups in total. The van der Waals surface area contributed by atoms with Gasteiger partial charge in [-0.3, -0.25) is 9.80 Å². The van der Waals surface area contributed by atoms with Crippen LogP contribution >= 0.6 is 15.9 Å². The molecule has 2 aliphatic heterocycles. The van der Waals surface area contributed by atoms with Gasteiger partial charge in [-0.2, -0.15) is 0 Å². The summed E-state index contributed by atoms with van der Waals surface area (Å²) in [6.07, 6.45) is 0. The van der Waals surface area contributed by atoms with Crippen LogP contribution in [-0.2, 0) is 0 Å². The highest BCUT2D eigenvalue weighted by Crippen LogP contribution is 2.72. The second-order valence-electron chi connectivity index (χ2n) is 19.4. The third-order valence-corrected chi connectivity index (χ3v) is 16.9. The molecule has 5 fully saturated rings. The Labute approximate surface area is 403 Å². The molecule has 0 amide bonds. The maximum atomic E-state index is 14.6. The number of halogens is 7. The fourth-order valence-electron chi connectivity index (χ4n) is 12.7. The van der Waals surface area contributed by atoms with Crippen LogP contribution in [0.1, 0.15) is 127 Å². The van der Waals surface area contributed by atoms with Gasteiger partial charge < -0.3 is 10.6 Å². The Hall–Kier alpha value is -4.78. The van der Waals surface area contributed by atoms with E-state index in [2.05, 4.69) is 60.6 Å². The Morgan fingerprint density at radius 2 is 0.529 bits per heavy atom. The molecule has 14 rings (SSSR count). The summed E-state index contributed by atoms with van der Waals surface area (Å²) in [5, 5.41) is 6.77. The van der Waals surface area contributed by atoms with Crippen molar-refractivity contribution < 1.29 is 26.3 Å². The lowest BCUT2D eigenvalue weighted by molar-refractivity contribution is 0.102. The van der Waals surface area contributed by atoms with E-state index in [0.29, 0.717) is 0 Å². The molecule has 6 aromatic rings. The zero-order valence-corrected chi connectivity index (χ0v) is 38.3. The number of nitrogens with zero attached hydrogens (tertiary/aromatic N) is 2. The number of alkyl halides is 7. The summed E-state index contributed by atoms with van der Waals surface area (Å²) in [5.41, 5.74) is 11.1. The van der Waals surface area contributed by atoms with Crippen molar-refractivity contribution in [1.29, 1.82) is 0 Å². The van der Waals surface area contributed by atoms with Gasteiger partial charge in [-0.1, -0.05) is 169 Å². The molecule has 11 heteroatoms. The molecule has 0 aromatic heterocycles.